The van der Waals surface area contributed by atoms with Gasteiger partial charge >= 0.3 is 0 Å². The van der Waals surface area contributed by atoms with Gasteiger partial charge in [-0.3, -0.25) is 4.90 Å². The van der Waals surface area contributed by atoms with E-state index in [0.717, 1.165) is 31.0 Å². The van der Waals surface area contributed by atoms with E-state index in [9.17, 15) is 0 Å². The Balaban J connectivity index is 1.73. The van der Waals surface area contributed by atoms with Gasteiger partial charge in [-0.15, -0.1) is 0 Å². The number of nitrogens with zero attached hydrogens (tertiary/aromatic N) is 3. The first-order chi connectivity index (χ1) is 9.93. The number of rotatable bonds is 2. The van der Waals surface area contributed by atoms with Crippen LogP contribution in [0.4, 0.5) is 5.69 Å². The first-order valence-electron chi connectivity index (χ1n) is 7.35. The largest absolute Gasteiger partial charge is 0.398 e. The van der Waals surface area contributed by atoms with E-state index in [2.05, 4.69) is 41.9 Å². The Labute approximate surface area is 125 Å². The molecule has 0 aliphatic carbocycles. The zero-order valence-corrected chi connectivity index (χ0v) is 12.9. The summed E-state index contributed by atoms with van der Waals surface area (Å²) in [4.78, 5) is 6.82. The van der Waals surface area contributed by atoms with Crippen LogP contribution in [-0.2, 0) is 24.9 Å². The van der Waals surface area contributed by atoms with Crippen molar-refractivity contribution in [2.45, 2.75) is 45.7 Å². The van der Waals surface area contributed by atoms with Gasteiger partial charge in [-0.2, -0.15) is 4.98 Å². The van der Waals surface area contributed by atoms with E-state index in [1.54, 1.807) is 0 Å². The number of anilines is 1. The highest BCUT2D eigenvalue weighted by Crippen LogP contribution is 2.25. The predicted molar refractivity (Wildman–Crippen MR) is 81.7 cm³/mol. The molecule has 0 saturated heterocycles. The third-order valence-electron chi connectivity index (χ3n) is 3.86. The molecule has 2 aromatic rings. The molecule has 0 atom stereocenters. The Kier molecular flexibility index (Phi) is 3.45. The normalized spacial score (nSPS) is 16.0. The molecule has 1 aliphatic rings. The van der Waals surface area contributed by atoms with Crippen LogP contribution in [0.3, 0.4) is 0 Å². The van der Waals surface area contributed by atoms with Crippen LogP contribution < -0.4 is 5.73 Å². The van der Waals surface area contributed by atoms with Crippen molar-refractivity contribution in [1.29, 1.82) is 0 Å². The Hall–Kier alpha value is -1.88. The van der Waals surface area contributed by atoms with E-state index >= 15 is 0 Å². The second-order valence-corrected chi connectivity index (χ2v) is 6.71. The van der Waals surface area contributed by atoms with Crippen molar-refractivity contribution in [3.8, 4) is 0 Å². The number of hydrogen-bond donors (Lipinski definition) is 1. The van der Waals surface area contributed by atoms with Crippen molar-refractivity contribution in [3.63, 3.8) is 0 Å². The summed E-state index contributed by atoms with van der Waals surface area (Å²) in [5.74, 6) is 1.44. The van der Waals surface area contributed by atoms with Crippen molar-refractivity contribution in [3.05, 3.63) is 41.0 Å². The van der Waals surface area contributed by atoms with Gasteiger partial charge in [0.2, 0.25) is 5.89 Å². The third-order valence-corrected chi connectivity index (χ3v) is 3.86. The van der Waals surface area contributed by atoms with Crippen LogP contribution in [-0.4, -0.2) is 21.6 Å². The Morgan fingerprint density at radius 2 is 2.14 bits per heavy atom. The highest BCUT2D eigenvalue weighted by atomic mass is 16.5. The second kappa shape index (κ2) is 5.15. The zero-order valence-electron chi connectivity index (χ0n) is 12.9. The molecule has 2 heterocycles. The second-order valence-electron chi connectivity index (χ2n) is 6.71. The van der Waals surface area contributed by atoms with Gasteiger partial charge < -0.3 is 10.3 Å². The summed E-state index contributed by atoms with van der Waals surface area (Å²) in [6.45, 7) is 8.76. The van der Waals surface area contributed by atoms with Crippen LogP contribution in [0.1, 0.15) is 43.6 Å². The van der Waals surface area contributed by atoms with Gasteiger partial charge in [0.05, 0.1) is 6.54 Å². The molecule has 21 heavy (non-hydrogen) atoms. The fourth-order valence-electron chi connectivity index (χ4n) is 2.62. The third kappa shape index (κ3) is 2.93. The van der Waals surface area contributed by atoms with Gasteiger partial charge in [-0.25, -0.2) is 0 Å². The maximum absolute atomic E-state index is 6.08. The molecular formula is C16H22N4O. The minimum absolute atomic E-state index is 0.107. The van der Waals surface area contributed by atoms with Crippen molar-refractivity contribution in [2.75, 3.05) is 12.3 Å². The molecule has 2 N–H and O–H groups in total. The molecule has 1 aliphatic heterocycles. The lowest BCUT2D eigenvalue weighted by atomic mass is 9.97. The Bertz CT molecular complexity index is 642. The predicted octanol–water partition coefficient (Wildman–Crippen LogP) is 2.51. The van der Waals surface area contributed by atoms with Gasteiger partial charge in [0.15, 0.2) is 5.82 Å². The summed E-state index contributed by atoms with van der Waals surface area (Å²) >= 11 is 0. The number of benzene rings is 1. The minimum atomic E-state index is -0.107. The molecule has 0 spiro atoms. The SMILES string of the molecule is CC(C)(C)c1nc(CN2CCc3cccc(N)c3C2)no1. The summed E-state index contributed by atoms with van der Waals surface area (Å²) < 4.78 is 5.35. The van der Waals surface area contributed by atoms with Gasteiger partial charge in [0, 0.05) is 24.2 Å². The average molecular weight is 286 g/mol. The van der Waals surface area contributed by atoms with Crippen molar-refractivity contribution in [2.24, 2.45) is 0 Å². The summed E-state index contributed by atoms with van der Waals surface area (Å²) in [5, 5.41) is 4.10. The van der Waals surface area contributed by atoms with Gasteiger partial charge in [-0.05, 0) is 23.6 Å². The van der Waals surface area contributed by atoms with Gasteiger partial charge in [0.1, 0.15) is 0 Å². The molecule has 112 valence electrons. The molecule has 0 saturated carbocycles. The number of aromatic nitrogens is 2. The lowest BCUT2D eigenvalue weighted by Crippen LogP contribution is -2.31. The zero-order chi connectivity index (χ0) is 15.0. The summed E-state index contributed by atoms with van der Waals surface area (Å²) in [7, 11) is 0. The molecule has 1 aromatic heterocycles. The van der Waals surface area contributed by atoms with Crippen LogP contribution in [0.5, 0.6) is 0 Å². The Morgan fingerprint density at radius 1 is 1.33 bits per heavy atom. The lowest BCUT2D eigenvalue weighted by Gasteiger charge is -2.28. The van der Waals surface area contributed by atoms with E-state index in [4.69, 9.17) is 10.3 Å². The fourth-order valence-corrected chi connectivity index (χ4v) is 2.62. The molecular weight excluding hydrogens is 264 g/mol. The first kappa shape index (κ1) is 14.1. The molecule has 0 bridgehead atoms. The minimum Gasteiger partial charge on any atom is -0.398 e. The Morgan fingerprint density at radius 3 is 2.86 bits per heavy atom. The number of hydrogen-bond acceptors (Lipinski definition) is 5. The summed E-state index contributed by atoms with van der Waals surface area (Å²) in [5.41, 5.74) is 9.45. The quantitative estimate of drug-likeness (QED) is 0.859. The number of nitrogen functional groups attached to an aromatic ring is 1. The van der Waals surface area contributed by atoms with Crippen molar-refractivity contribution < 1.29 is 4.52 Å². The van der Waals surface area contributed by atoms with E-state index in [-0.39, 0.29) is 5.41 Å². The molecule has 1 aromatic carbocycles. The topological polar surface area (TPSA) is 68.2 Å². The van der Waals surface area contributed by atoms with Crippen LogP contribution in [0, 0.1) is 0 Å². The van der Waals surface area contributed by atoms with Crippen LogP contribution in [0.2, 0.25) is 0 Å². The molecule has 0 amide bonds. The lowest BCUT2D eigenvalue weighted by molar-refractivity contribution is 0.235. The fraction of sp³-hybridized carbons (Fsp3) is 0.500. The standard InChI is InChI=1S/C16H22N4O/c1-16(2,3)15-18-14(19-21-15)10-20-8-7-11-5-4-6-13(17)12(11)9-20/h4-6H,7-10,17H2,1-3H3. The maximum atomic E-state index is 6.08. The first-order valence-corrected chi connectivity index (χ1v) is 7.35. The molecule has 0 unspecified atom stereocenters. The van der Waals surface area contributed by atoms with Crippen LogP contribution in [0.15, 0.2) is 22.7 Å². The molecule has 5 heteroatoms. The molecule has 0 radical (unpaired) electrons. The summed E-state index contributed by atoms with van der Waals surface area (Å²) in [6.07, 6.45) is 1.02. The number of fused-ring (bicyclic) bond motifs is 1. The molecule has 3 rings (SSSR count). The van der Waals surface area contributed by atoms with Crippen LogP contribution in [0.25, 0.3) is 0 Å². The molecule has 0 fully saturated rings. The average Bonchev–Trinajstić information content (AvgIpc) is 2.88. The van der Waals surface area contributed by atoms with Crippen molar-refractivity contribution in [1.82, 2.24) is 15.0 Å². The van der Waals surface area contributed by atoms with E-state index in [0.29, 0.717) is 12.4 Å². The number of nitrogens with two attached hydrogens (primary N) is 1. The highest BCUT2D eigenvalue weighted by Gasteiger charge is 2.24. The van der Waals surface area contributed by atoms with E-state index in [1.807, 2.05) is 12.1 Å². The van der Waals surface area contributed by atoms with Crippen molar-refractivity contribution >= 4 is 5.69 Å². The summed E-state index contributed by atoms with van der Waals surface area (Å²) in [6, 6.07) is 6.15. The smallest absolute Gasteiger partial charge is 0.232 e. The van der Waals surface area contributed by atoms with E-state index < -0.39 is 0 Å². The van der Waals surface area contributed by atoms with Crippen LogP contribution >= 0.6 is 0 Å². The van der Waals surface area contributed by atoms with Gasteiger partial charge in [0.25, 0.3) is 0 Å². The maximum Gasteiger partial charge on any atom is 0.232 e. The van der Waals surface area contributed by atoms with E-state index in [1.165, 1.54) is 11.1 Å². The monoisotopic (exact) mass is 286 g/mol. The van der Waals surface area contributed by atoms with Gasteiger partial charge in [-0.1, -0.05) is 38.1 Å². The highest BCUT2D eigenvalue weighted by molar-refractivity contribution is 5.51. The molecule has 5 nitrogen and oxygen atoms in total.